The fourth-order valence-corrected chi connectivity index (χ4v) is 3.87. The Morgan fingerprint density at radius 3 is 3.04 bits per heavy atom. The molecule has 0 aromatic carbocycles. The maximum atomic E-state index is 12.9. The molecule has 23 heavy (non-hydrogen) atoms. The third kappa shape index (κ3) is 2.68. The van der Waals surface area contributed by atoms with E-state index in [2.05, 4.69) is 20.4 Å². The molecule has 0 spiro atoms. The number of rotatable bonds is 3. The van der Waals surface area contributed by atoms with Crippen LogP contribution in [-0.4, -0.2) is 44.3 Å². The predicted octanol–water partition coefficient (Wildman–Crippen LogP) is 2.88. The average Bonchev–Trinajstić information content (AvgIpc) is 3.35. The van der Waals surface area contributed by atoms with Gasteiger partial charge in [-0.2, -0.15) is 10.2 Å². The van der Waals surface area contributed by atoms with E-state index in [4.69, 9.17) is 0 Å². The Morgan fingerprint density at radius 2 is 2.26 bits per heavy atom. The van der Waals surface area contributed by atoms with Gasteiger partial charge in [0.15, 0.2) is 0 Å². The number of H-pyrrole nitrogens is 2. The largest absolute Gasteiger partial charge is 0.338 e. The van der Waals surface area contributed by atoms with Gasteiger partial charge in [0.2, 0.25) is 0 Å². The van der Waals surface area contributed by atoms with E-state index in [1.54, 1.807) is 23.7 Å². The van der Waals surface area contributed by atoms with Gasteiger partial charge in [-0.1, -0.05) is 6.07 Å². The van der Waals surface area contributed by atoms with Crippen LogP contribution in [0.15, 0.2) is 36.0 Å². The van der Waals surface area contributed by atoms with E-state index in [0.717, 1.165) is 42.2 Å². The van der Waals surface area contributed by atoms with Crippen LogP contribution in [-0.2, 0) is 0 Å². The van der Waals surface area contributed by atoms with Crippen molar-refractivity contribution >= 4 is 17.2 Å². The zero-order chi connectivity index (χ0) is 15.6. The van der Waals surface area contributed by atoms with Gasteiger partial charge >= 0.3 is 0 Å². The molecule has 3 aromatic rings. The topological polar surface area (TPSA) is 77.7 Å². The third-order valence-electron chi connectivity index (χ3n) is 4.31. The summed E-state index contributed by atoms with van der Waals surface area (Å²) in [4.78, 5) is 15.9. The van der Waals surface area contributed by atoms with Gasteiger partial charge in [0.05, 0.1) is 22.3 Å². The van der Waals surface area contributed by atoms with E-state index >= 15 is 0 Å². The fourth-order valence-electron chi connectivity index (χ4n) is 3.14. The van der Waals surface area contributed by atoms with Crippen molar-refractivity contribution < 1.29 is 4.79 Å². The highest BCUT2D eigenvalue weighted by atomic mass is 32.1. The first-order chi connectivity index (χ1) is 11.3. The highest BCUT2D eigenvalue weighted by Gasteiger charge is 2.28. The van der Waals surface area contributed by atoms with Gasteiger partial charge in [-0.25, -0.2) is 0 Å². The standard InChI is InChI=1S/C16H17N5OS/c22-16(12-9-18-20-15(12)14-4-2-8-23-14)21-7-1-3-11(10-21)13-5-6-17-19-13/h2,4-6,8-9,11H,1,3,7,10H2,(H,17,19)(H,18,20)/t11-/m0/s1. The predicted molar refractivity (Wildman–Crippen MR) is 88.4 cm³/mol. The maximum Gasteiger partial charge on any atom is 0.257 e. The van der Waals surface area contributed by atoms with Gasteiger partial charge in [-0.3, -0.25) is 15.0 Å². The first kappa shape index (κ1) is 14.2. The summed E-state index contributed by atoms with van der Waals surface area (Å²) in [6.45, 7) is 1.51. The molecule has 4 rings (SSSR count). The lowest BCUT2D eigenvalue weighted by Crippen LogP contribution is -2.39. The lowest BCUT2D eigenvalue weighted by molar-refractivity contribution is 0.0706. The number of thiophene rings is 1. The van der Waals surface area contributed by atoms with Crippen molar-refractivity contribution in [3.63, 3.8) is 0 Å². The van der Waals surface area contributed by atoms with Crippen LogP contribution in [0.25, 0.3) is 10.6 Å². The summed E-state index contributed by atoms with van der Waals surface area (Å²) >= 11 is 1.60. The van der Waals surface area contributed by atoms with Crippen LogP contribution in [0.1, 0.15) is 34.8 Å². The number of likely N-dealkylation sites (tertiary alicyclic amines) is 1. The Hall–Kier alpha value is -2.41. The number of hydrogen-bond acceptors (Lipinski definition) is 4. The number of carbonyl (C=O) groups is 1. The number of nitrogens with one attached hydrogen (secondary N) is 2. The quantitative estimate of drug-likeness (QED) is 0.776. The third-order valence-corrected chi connectivity index (χ3v) is 5.20. The van der Waals surface area contributed by atoms with E-state index in [0.29, 0.717) is 11.5 Å². The number of piperidine rings is 1. The van der Waals surface area contributed by atoms with E-state index in [1.165, 1.54) is 0 Å². The van der Waals surface area contributed by atoms with E-state index in [1.807, 2.05) is 28.5 Å². The minimum absolute atomic E-state index is 0.0476. The van der Waals surface area contributed by atoms with Crippen LogP contribution in [0, 0.1) is 0 Å². The molecule has 1 fully saturated rings. The highest BCUT2D eigenvalue weighted by molar-refractivity contribution is 7.13. The van der Waals surface area contributed by atoms with Crippen LogP contribution in [0.3, 0.4) is 0 Å². The molecule has 118 valence electrons. The molecule has 1 saturated heterocycles. The minimum atomic E-state index is 0.0476. The molecule has 4 heterocycles. The molecular weight excluding hydrogens is 310 g/mol. The van der Waals surface area contributed by atoms with Crippen LogP contribution < -0.4 is 0 Å². The Kier molecular flexibility index (Phi) is 3.70. The van der Waals surface area contributed by atoms with Gasteiger partial charge in [0, 0.05) is 30.9 Å². The first-order valence-electron chi connectivity index (χ1n) is 7.68. The fraction of sp³-hybridized carbons (Fsp3) is 0.312. The summed E-state index contributed by atoms with van der Waals surface area (Å²) in [5, 5.41) is 16.1. The van der Waals surface area contributed by atoms with Crippen molar-refractivity contribution in [1.82, 2.24) is 25.3 Å². The number of aromatic amines is 2. The molecule has 0 bridgehead atoms. The summed E-state index contributed by atoms with van der Waals surface area (Å²) in [5.74, 6) is 0.374. The van der Waals surface area contributed by atoms with Crippen molar-refractivity contribution in [1.29, 1.82) is 0 Å². The normalized spacial score (nSPS) is 18.3. The van der Waals surface area contributed by atoms with Gasteiger partial charge in [-0.15, -0.1) is 11.3 Å². The summed E-state index contributed by atoms with van der Waals surface area (Å²) < 4.78 is 0. The molecule has 7 heteroatoms. The lowest BCUT2D eigenvalue weighted by Gasteiger charge is -2.32. The number of amides is 1. The maximum absolute atomic E-state index is 12.9. The Bertz CT molecular complexity index is 777. The highest BCUT2D eigenvalue weighted by Crippen LogP contribution is 2.30. The molecule has 1 aliphatic rings. The van der Waals surface area contributed by atoms with Gasteiger partial charge < -0.3 is 4.90 Å². The second kappa shape index (κ2) is 6.00. The number of nitrogens with zero attached hydrogens (tertiary/aromatic N) is 3. The molecule has 0 aliphatic carbocycles. The van der Waals surface area contributed by atoms with E-state index in [-0.39, 0.29) is 5.91 Å². The molecule has 1 aliphatic heterocycles. The number of carbonyl (C=O) groups excluding carboxylic acids is 1. The van der Waals surface area contributed by atoms with Crippen molar-refractivity contribution in [2.45, 2.75) is 18.8 Å². The first-order valence-corrected chi connectivity index (χ1v) is 8.56. The van der Waals surface area contributed by atoms with Crippen molar-refractivity contribution in [3.05, 3.63) is 47.2 Å². The number of aromatic nitrogens is 4. The monoisotopic (exact) mass is 327 g/mol. The summed E-state index contributed by atoms with van der Waals surface area (Å²) in [7, 11) is 0. The summed E-state index contributed by atoms with van der Waals surface area (Å²) in [5.41, 5.74) is 2.57. The molecule has 0 saturated carbocycles. The average molecular weight is 327 g/mol. The van der Waals surface area contributed by atoms with Gasteiger partial charge in [0.1, 0.15) is 0 Å². The SMILES string of the molecule is O=C(c1cn[nH]c1-c1cccs1)N1CCC[C@H](c2ccn[nH]2)C1. The van der Waals surface area contributed by atoms with Crippen LogP contribution in [0.5, 0.6) is 0 Å². The van der Waals surface area contributed by atoms with E-state index in [9.17, 15) is 4.79 Å². The van der Waals surface area contributed by atoms with Crippen molar-refractivity contribution in [2.24, 2.45) is 0 Å². The Balaban J connectivity index is 1.56. The van der Waals surface area contributed by atoms with Crippen LogP contribution >= 0.6 is 11.3 Å². The molecule has 0 radical (unpaired) electrons. The van der Waals surface area contributed by atoms with Gasteiger partial charge in [-0.05, 0) is 30.4 Å². The summed E-state index contributed by atoms with van der Waals surface area (Å²) in [6, 6.07) is 5.97. The van der Waals surface area contributed by atoms with Crippen LogP contribution in [0.2, 0.25) is 0 Å². The number of hydrogen-bond donors (Lipinski definition) is 2. The van der Waals surface area contributed by atoms with Gasteiger partial charge in [0.25, 0.3) is 5.91 Å². The summed E-state index contributed by atoms with van der Waals surface area (Å²) in [6.07, 6.45) is 5.48. The molecule has 0 unspecified atom stereocenters. The zero-order valence-electron chi connectivity index (χ0n) is 12.5. The van der Waals surface area contributed by atoms with E-state index < -0.39 is 0 Å². The second-order valence-corrected chi connectivity index (χ2v) is 6.69. The molecular formula is C16H17N5OS. The minimum Gasteiger partial charge on any atom is -0.338 e. The molecule has 2 N–H and O–H groups in total. The Morgan fingerprint density at radius 1 is 1.30 bits per heavy atom. The zero-order valence-corrected chi connectivity index (χ0v) is 13.3. The van der Waals surface area contributed by atoms with Crippen LogP contribution in [0.4, 0.5) is 0 Å². The molecule has 1 atom stereocenters. The van der Waals surface area contributed by atoms with Crippen molar-refractivity contribution in [2.75, 3.05) is 13.1 Å². The second-order valence-electron chi connectivity index (χ2n) is 5.74. The smallest absolute Gasteiger partial charge is 0.257 e. The lowest BCUT2D eigenvalue weighted by atomic mass is 9.94. The molecule has 3 aromatic heterocycles. The molecule has 1 amide bonds. The molecule has 6 nitrogen and oxygen atoms in total. The Labute approximate surface area is 137 Å². The van der Waals surface area contributed by atoms with Crippen molar-refractivity contribution in [3.8, 4) is 10.6 Å².